The Balaban J connectivity index is 2.04. The zero-order valence-electron chi connectivity index (χ0n) is 10.4. The van der Waals surface area contributed by atoms with Gasteiger partial charge in [0.05, 0.1) is 11.5 Å². The van der Waals surface area contributed by atoms with Crippen LogP contribution >= 0.6 is 11.6 Å². The molecule has 1 saturated heterocycles. The molecule has 0 radical (unpaired) electrons. The van der Waals surface area contributed by atoms with E-state index in [4.69, 9.17) is 11.6 Å². The Morgan fingerprint density at radius 1 is 1.39 bits per heavy atom. The van der Waals surface area contributed by atoms with Gasteiger partial charge in [0.2, 0.25) is 0 Å². The summed E-state index contributed by atoms with van der Waals surface area (Å²) in [5.41, 5.74) is 1.02. The second kappa shape index (κ2) is 5.59. The second-order valence-corrected chi connectivity index (χ2v) is 7.50. The Kier molecular flexibility index (Phi) is 4.30. The van der Waals surface area contributed by atoms with E-state index in [1.54, 1.807) is 0 Å². The normalized spacial score (nSPS) is 24.7. The lowest BCUT2D eigenvalue weighted by molar-refractivity contribution is 0.437. The Morgan fingerprint density at radius 3 is 2.78 bits per heavy atom. The van der Waals surface area contributed by atoms with Crippen molar-refractivity contribution in [1.82, 2.24) is 5.32 Å². The van der Waals surface area contributed by atoms with E-state index in [-0.39, 0.29) is 17.8 Å². The molecule has 100 valence electrons. The minimum absolute atomic E-state index is 0.0371. The summed E-state index contributed by atoms with van der Waals surface area (Å²) < 4.78 is 23.2. The molecule has 2 atom stereocenters. The van der Waals surface area contributed by atoms with Crippen LogP contribution in [0.25, 0.3) is 0 Å². The standard InChI is InChI=1S/C13H18ClNO2S/c1-10(12-6-2-3-7-13(12)14)15-11-5-4-8-18(16,17)9-11/h2-3,6-7,10-11,15H,4-5,8-9H2,1H3/t10-,11?/m1/s1. The Hall–Kier alpha value is -0.580. The molecule has 0 aliphatic carbocycles. The first-order valence-electron chi connectivity index (χ1n) is 6.19. The summed E-state index contributed by atoms with van der Waals surface area (Å²) in [6, 6.07) is 7.76. The maximum Gasteiger partial charge on any atom is 0.151 e. The van der Waals surface area contributed by atoms with Crippen LogP contribution in [-0.2, 0) is 9.84 Å². The molecule has 0 saturated carbocycles. The van der Waals surface area contributed by atoms with Crippen LogP contribution in [0.4, 0.5) is 0 Å². The maximum absolute atomic E-state index is 11.6. The molecule has 1 unspecified atom stereocenters. The highest BCUT2D eigenvalue weighted by Crippen LogP contribution is 2.24. The summed E-state index contributed by atoms with van der Waals surface area (Å²) in [5, 5.41) is 4.09. The van der Waals surface area contributed by atoms with Crippen LogP contribution in [0.2, 0.25) is 5.02 Å². The third-order valence-corrected chi connectivity index (χ3v) is 5.49. The largest absolute Gasteiger partial charge is 0.306 e. The smallest absolute Gasteiger partial charge is 0.151 e. The molecular formula is C13H18ClNO2S. The molecule has 1 aliphatic heterocycles. The predicted octanol–water partition coefficient (Wildman–Crippen LogP) is 2.57. The van der Waals surface area contributed by atoms with Crippen LogP contribution in [0.5, 0.6) is 0 Å². The molecule has 1 N–H and O–H groups in total. The van der Waals surface area contributed by atoms with E-state index >= 15 is 0 Å². The third-order valence-electron chi connectivity index (χ3n) is 3.32. The van der Waals surface area contributed by atoms with Gasteiger partial charge in [-0.05, 0) is 31.4 Å². The molecule has 3 nitrogen and oxygen atoms in total. The molecule has 1 heterocycles. The summed E-state index contributed by atoms with van der Waals surface area (Å²) in [4.78, 5) is 0. The van der Waals surface area contributed by atoms with Gasteiger partial charge in [-0.25, -0.2) is 8.42 Å². The molecule has 0 amide bonds. The number of hydrogen-bond acceptors (Lipinski definition) is 3. The average molecular weight is 288 g/mol. The van der Waals surface area contributed by atoms with Gasteiger partial charge in [0.15, 0.2) is 9.84 Å². The highest BCUT2D eigenvalue weighted by molar-refractivity contribution is 7.91. The lowest BCUT2D eigenvalue weighted by Crippen LogP contribution is -2.41. The number of hydrogen-bond donors (Lipinski definition) is 1. The Bertz CT molecular complexity index is 515. The summed E-state index contributed by atoms with van der Waals surface area (Å²) >= 11 is 6.13. The van der Waals surface area contributed by atoms with Gasteiger partial charge in [-0.3, -0.25) is 0 Å². The van der Waals surface area contributed by atoms with E-state index in [1.165, 1.54) is 0 Å². The highest BCUT2D eigenvalue weighted by atomic mass is 35.5. The molecule has 1 aromatic carbocycles. The van der Waals surface area contributed by atoms with E-state index in [1.807, 2.05) is 31.2 Å². The van der Waals surface area contributed by atoms with Crippen molar-refractivity contribution in [3.63, 3.8) is 0 Å². The van der Waals surface area contributed by atoms with Crippen molar-refractivity contribution in [3.8, 4) is 0 Å². The Labute approximate surface area is 113 Å². The molecular weight excluding hydrogens is 270 g/mol. The first-order chi connectivity index (χ1) is 8.48. The lowest BCUT2D eigenvalue weighted by Gasteiger charge is -2.27. The summed E-state index contributed by atoms with van der Waals surface area (Å²) in [7, 11) is -2.87. The van der Waals surface area contributed by atoms with Crippen molar-refractivity contribution in [2.45, 2.75) is 31.8 Å². The molecule has 0 spiro atoms. The van der Waals surface area contributed by atoms with Gasteiger partial charge < -0.3 is 5.32 Å². The van der Waals surface area contributed by atoms with Crippen molar-refractivity contribution < 1.29 is 8.42 Å². The van der Waals surface area contributed by atoms with Gasteiger partial charge in [-0.2, -0.15) is 0 Å². The lowest BCUT2D eigenvalue weighted by atomic mass is 10.1. The van der Waals surface area contributed by atoms with Crippen molar-refractivity contribution in [1.29, 1.82) is 0 Å². The number of benzene rings is 1. The first-order valence-corrected chi connectivity index (χ1v) is 8.39. The predicted molar refractivity (Wildman–Crippen MR) is 74.7 cm³/mol. The highest BCUT2D eigenvalue weighted by Gasteiger charge is 2.26. The van der Waals surface area contributed by atoms with Gasteiger partial charge in [0, 0.05) is 17.1 Å². The van der Waals surface area contributed by atoms with E-state index in [0.717, 1.165) is 23.4 Å². The first kappa shape index (κ1) is 13.8. The van der Waals surface area contributed by atoms with E-state index in [9.17, 15) is 8.42 Å². The van der Waals surface area contributed by atoms with Crippen LogP contribution in [0.3, 0.4) is 0 Å². The van der Waals surface area contributed by atoms with Crippen molar-refractivity contribution >= 4 is 21.4 Å². The van der Waals surface area contributed by atoms with Crippen LogP contribution in [0.1, 0.15) is 31.4 Å². The summed E-state index contributed by atoms with van der Waals surface area (Å²) in [5.74, 6) is 0.563. The zero-order valence-corrected chi connectivity index (χ0v) is 12.0. The number of rotatable bonds is 3. The maximum atomic E-state index is 11.6. The zero-order chi connectivity index (χ0) is 13.2. The Morgan fingerprint density at radius 2 is 2.11 bits per heavy atom. The SMILES string of the molecule is C[C@@H](NC1CCCS(=O)(=O)C1)c1ccccc1Cl. The summed E-state index contributed by atoms with van der Waals surface area (Å²) in [6.07, 6.45) is 1.66. The summed E-state index contributed by atoms with van der Waals surface area (Å²) in [6.45, 7) is 2.02. The quantitative estimate of drug-likeness (QED) is 0.929. The van der Waals surface area contributed by atoms with Gasteiger partial charge in [-0.1, -0.05) is 29.8 Å². The molecule has 2 rings (SSSR count). The monoisotopic (exact) mass is 287 g/mol. The molecule has 0 aromatic heterocycles. The minimum Gasteiger partial charge on any atom is -0.306 e. The number of sulfone groups is 1. The van der Waals surface area contributed by atoms with Crippen LogP contribution in [0, 0.1) is 0 Å². The fourth-order valence-corrected chi connectivity index (χ4v) is 4.37. The van der Waals surface area contributed by atoms with Gasteiger partial charge >= 0.3 is 0 Å². The van der Waals surface area contributed by atoms with E-state index in [0.29, 0.717) is 5.75 Å². The van der Waals surface area contributed by atoms with E-state index < -0.39 is 9.84 Å². The van der Waals surface area contributed by atoms with Gasteiger partial charge in [-0.15, -0.1) is 0 Å². The topological polar surface area (TPSA) is 46.2 Å². The van der Waals surface area contributed by atoms with Crippen LogP contribution in [0.15, 0.2) is 24.3 Å². The van der Waals surface area contributed by atoms with Crippen molar-refractivity contribution in [2.75, 3.05) is 11.5 Å². The molecule has 18 heavy (non-hydrogen) atoms. The van der Waals surface area contributed by atoms with Crippen molar-refractivity contribution in [2.24, 2.45) is 0 Å². The number of halogens is 1. The fourth-order valence-electron chi connectivity index (χ4n) is 2.42. The average Bonchev–Trinajstić information content (AvgIpc) is 2.28. The second-order valence-electron chi connectivity index (χ2n) is 4.86. The van der Waals surface area contributed by atoms with Crippen molar-refractivity contribution in [3.05, 3.63) is 34.9 Å². The molecule has 1 aromatic rings. The van der Waals surface area contributed by atoms with Gasteiger partial charge in [0.1, 0.15) is 0 Å². The molecule has 1 aliphatic rings. The van der Waals surface area contributed by atoms with Gasteiger partial charge in [0.25, 0.3) is 0 Å². The van der Waals surface area contributed by atoms with Crippen LogP contribution < -0.4 is 5.32 Å². The van der Waals surface area contributed by atoms with E-state index in [2.05, 4.69) is 5.32 Å². The van der Waals surface area contributed by atoms with Crippen LogP contribution in [-0.4, -0.2) is 26.0 Å². The molecule has 5 heteroatoms. The minimum atomic E-state index is -2.87. The molecule has 1 fully saturated rings. The number of nitrogens with one attached hydrogen (secondary N) is 1. The fraction of sp³-hybridized carbons (Fsp3) is 0.538. The third kappa shape index (κ3) is 3.46. The molecule has 0 bridgehead atoms.